The zero-order chi connectivity index (χ0) is 32.2. The number of hydrazine groups is 1. The van der Waals surface area contributed by atoms with E-state index in [1.807, 2.05) is 0 Å². The maximum absolute atomic E-state index is 13.4. The molecular weight excluding hydrogens is 577 g/mol. The van der Waals surface area contributed by atoms with Crippen LogP contribution in [0.3, 0.4) is 0 Å². The van der Waals surface area contributed by atoms with Gasteiger partial charge in [-0.05, 0) is 48.9 Å². The number of carbonyl (C=O) groups is 4. The van der Waals surface area contributed by atoms with Crippen molar-refractivity contribution in [2.45, 2.75) is 44.6 Å². The molecule has 3 aromatic rings. The number of nitrogens with zero attached hydrogens (tertiary/aromatic N) is 3. The van der Waals surface area contributed by atoms with Gasteiger partial charge in [-0.25, -0.2) is 33.6 Å². The van der Waals surface area contributed by atoms with E-state index in [-0.39, 0.29) is 5.82 Å². The molecule has 234 valence electrons. The Labute approximate surface area is 252 Å². The number of aromatic nitrogens is 1. The molecule has 0 aliphatic carbocycles. The molecule has 0 saturated carbocycles. The molecule has 2 aliphatic rings. The van der Waals surface area contributed by atoms with Crippen molar-refractivity contribution in [1.82, 2.24) is 15.2 Å². The van der Waals surface area contributed by atoms with Crippen LogP contribution in [0.15, 0.2) is 71.3 Å². The quantitative estimate of drug-likeness (QED) is 0.275. The van der Waals surface area contributed by atoms with Crippen molar-refractivity contribution >= 4 is 34.8 Å². The smallest absolute Gasteiger partial charge is 0.328 e. The van der Waals surface area contributed by atoms with Gasteiger partial charge in [0.05, 0.1) is 5.69 Å². The van der Waals surface area contributed by atoms with E-state index in [1.54, 1.807) is 6.07 Å². The third kappa shape index (κ3) is 9.57. The summed E-state index contributed by atoms with van der Waals surface area (Å²) in [5.41, 5.74) is 4.53. The molecule has 0 amide bonds. The van der Waals surface area contributed by atoms with Gasteiger partial charge in [-0.15, -0.1) is 0 Å². The van der Waals surface area contributed by atoms with E-state index in [2.05, 4.69) is 46.4 Å². The summed E-state index contributed by atoms with van der Waals surface area (Å²) in [6, 6.07) is 14.1. The van der Waals surface area contributed by atoms with Crippen LogP contribution in [0.4, 0.5) is 4.39 Å². The molecule has 44 heavy (non-hydrogen) atoms. The van der Waals surface area contributed by atoms with E-state index in [0.29, 0.717) is 41.8 Å². The second-order valence-corrected chi connectivity index (χ2v) is 9.99. The Kier molecular flexibility index (Phi) is 12.3. The number of halogens is 1. The molecule has 3 heterocycles. The molecule has 0 radical (unpaired) electrons. The average molecular weight is 612 g/mol. The standard InChI is InChI=1S/C23H26FN3O.2C4H4O4/c1-2-21-19-6-4-3-5-16(19)11-14-27(21)26-12-9-17(10-13-26)23-20-8-7-18(24)15-22(20)28-25-23;2*5-3(6)1-2-4(7)8/h3-8,15,17,21H,2,9-14H2,1H3;2*1-2H,(H,5,6)(H,7,8)/b;2*2-1+. The SMILES string of the molecule is CCC1c2ccccc2CCN1N1CCC(c2noc3cc(F)ccc23)CC1.O=C(O)/C=C/C(=O)O.O=C(O)/C=C/C(=O)O. The average Bonchev–Trinajstić information content (AvgIpc) is 3.42. The predicted octanol–water partition coefficient (Wildman–Crippen LogP) is 4.49. The summed E-state index contributed by atoms with van der Waals surface area (Å²) in [7, 11) is 0. The monoisotopic (exact) mass is 611 g/mol. The maximum atomic E-state index is 13.4. The minimum absolute atomic E-state index is 0.277. The molecule has 1 saturated heterocycles. The van der Waals surface area contributed by atoms with E-state index in [9.17, 15) is 23.6 Å². The van der Waals surface area contributed by atoms with Crippen molar-refractivity contribution in [3.63, 3.8) is 0 Å². The summed E-state index contributed by atoms with van der Waals surface area (Å²) >= 11 is 0. The van der Waals surface area contributed by atoms with Crippen LogP contribution >= 0.6 is 0 Å². The van der Waals surface area contributed by atoms with Gasteiger partial charge in [0.15, 0.2) is 5.58 Å². The molecule has 12 nitrogen and oxygen atoms in total. The van der Waals surface area contributed by atoms with Gasteiger partial charge in [0.25, 0.3) is 0 Å². The van der Waals surface area contributed by atoms with E-state index in [4.69, 9.17) is 24.9 Å². The number of hydrogen-bond donors (Lipinski definition) is 4. The first-order valence-corrected chi connectivity index (χ1v) is 13.9. The van der Waals surface area contributed by atoms with Gasteiger partial charge in [-0.1, -0.05) is 36.3 Å². The number of fused-ring (bicyclic) bond motifs is 2. The fraction of sp³-hybridized carbons (Fsp3) is 0.323. The number of hydrogen-bond acceptors (Lipinski definition) is 8. The lowest BCUT2D eigenvalue weighted by Gasteiger charge is -2.46. The van der Waals surface area contributed by atoms with Crippen molar-refractivity contribution < 1.29 is 48.5 Å². The molecule has 5 rings (SSSR count). The third-order valence-electron chi connectivity index (χ3n) is 7.19. The zero-order valence-electron chi connectivity index (χ0n) is 24.0. The van der Waals surface area contributed by atoms with Crippen molar-refractivity contribution in [3.05, 3.63) is 89.4 Å². The molecule has 0 bridgehead atoms. The van der Waals surface area contributed by atoms with Gasteiger partial charge in [0.2, 0.25) is 0 Å². The second kappa shape index (κ2) is 16.1. The van der Waals surface area contributed by atoms with Crippen LogP contribution in [0.25, 0.3) is 11.0 Å². The molecule has 2 aliphatic heterocycles. The molecule has 1 fully saturated rings. The lowest BCUT2D eigenvalue weighted by molar-refractivity contribution is -0.134. The number of rotatable bonds is 7. The van der Waals surface area contributed by atoms with Gasteiger partial charge < -0.3 is 24.9 Å². The van der Waals surface area contributed by atoms with E-state index < -0.39 is 23.9 Å². The topological polar surface area (TPSA) is 182 Å². The Hall–Kier alpha value is -4.88. The number of benzene rings is 2. The summed E-state index contributed by atoms with van der Waals surface area (Å²) in [5, 5.41) is 41.6. The molecule has 1 unspecified atom stereocenters. The first kappa shape index (κ1) is 33.6. The van der Waals surface area contributed by atoms with Crippen molar-refractivity contribution in [2.75, 3.05) is 19.6 Å². The number of carboxylic acid groups (broad SMARTS) is 4. The molecule has 1 atom stereocenters. The lowest BCUT2D eigenvalue weighted by Crippen LogP contribution is -2.50. The van der Waals surface area contributed by atoms with Gasteiger partial charge in [0, 0.05) is 67.4 Å². The van der Waals surface area contributed by atoms with Gasteiger partial charge in [0.1, 0.15) is 5.82 Å². The van der Waals surface area contributed by atoms with Crippen LogP contribution in [-0.4, -0.2) is 79.1 Å². The molecule has 0 spiro atoms. The van der Waals surface area contributed by atoms with E-state index >= 15 is 0 Å². The van der Waals surface area contributed by atoms with Crippen LogP contribution in [0.5, 0.6) is 0 Å². The molecule has 4 N–H and O–H groups in total. The highest BCUT2D eigenvalue weighted by Crippen LogP contribution is 2.37. The number of piperidine rings is 1. The third-order valence-corrected chi connectivity index (χ3v) is 7.19. The second-order valence-electron chi connectivity index (χ2n) is 9.99. The molecule has 2 aromatic carbocycles. The van der Waals surface area contributed by atoms with Crippen LogP contribution in [-0.2, 0) is 25.6 Å². The summed E-state index contributed by atoms with van der Waals surface area (Å²) in [5.74, 6) is -4.93. The lowest BCUT2D eigenvalue weighted by atomic mass is 9.90. The first-order chi connectivity index (χ1) is 21.0. The summed E-state index contributed by atoms with van der Waals surface area (Å²) < 4.78 is 18.8. The van der Waals surface area contributed by atoms with Gasteiger partial charge in [-0.2, -0.15) is 0 Å². The van der Waals surface area contributed by atoms with Crippen LogP contribution in [0.2, 0.25) is 0 Å². The molecule has 1 aromatic heterocycles. The fourth-order valence-corrected chi connectivity index (χ4v) is 5.31. The van der Waals surface area contributed by atoms with Gasteiger partial charge in [-0.3, -0.25) is 0 Å². The largest absolute Gasteiger partial charge is 0.478 e. The number of aliphatic carboxylic acids is 4. The highest BCUT2D eigenvalue weighted by molar-refractivity contribution is 5.90. The Morgan fingerprint density at radius 2 is 1.45 bits per heavy atom. The maximum Gasteiger partial charge on any atom is 0.328 e. The van der Waals surface area contributed by atoms with Crippen LogP contribution < -0.4 is 0 Å². The highest BCUT2D eigenvalue weighted by Gasteiger charge is 2.33. The zero-order valence-corrected chi connectivity index (χ0v) is 24.0. The van der Waals surface area contributed by atoms with Gasteiger partial charge >= 0.3 is 23.9 Å². The predicted molar refractivity (Wildman–Crippen MR) is 156 cm³/mol. The number of carboxylic acids is 4. The van der Waals surface area contributed by atoms with Crippen LogP contribution in [0, 0.1) is 5.82 Å². The highest BCUT2D eigenvalue weighted by atomic mass is 19.1. The summed E-state index contributed by atoms with van der Waals surface area (Å²) in [6.07, 6.45) is 6.57. The van der Waals surface area contributed by atoms with Crippen molar-refractivity contribution in [3.8, 4) is 0 Å². The van der Waals surface area contributed by atoms with Crippen molar-refractivity contribution in [2.24, 2.45) is 0 Å². The minimum Gasteiger partial charge on any atom is -0.478 e. The summed E-state index contributed by atoms with van der Waals surface area (Å²) in [4.78, 5) is 38.2. The van der Waals surface area contributed by atoms with Crippen LogP contribution in [0.1, 0.15) is 55.0 Å². The Morgan fingerprint density at radius 1 is 0.886 bits per heavy atom. The minimum atomic E-state index is -1.26. The Morgan fingerprint density at radius 3 is 2.00 bits per heavy atom. The molecule has 13 heteroatoms. The fourth-order valence-electron chi connectivity index (χ4n) is 5.31. The summed E-state index contributed by atoms with van der Waals surface area (Å²) in [6.45, 7) is 5.43. The Bertz CT molecular complexity index is 1460. The first-order valence-electron chi connectivity index (χ1n) is 13.9. The van der Waals surface area contributed by atoms with E-state index in [0.717, 1.165) is 56.4 Å². The normalized spacial score (nSPS) is 17.4. The van der Waals surface area contributed by atoms with Crippen molar-refractivity contribution in [1.29, 1.82) is 0 Å². The van der Waals surface area contributed by atoms with E-state index in [1.165, 1.54) is 23.3 Å². The molecular formula is C31H34FN3O9. The Balaban J connectivity index is 0.000000275.